The number of nitrogens with zero attached hydrogens (tertiary/aromatic N) is 2. The number of rotatable bonds is 11. The highest BCUT2D eigenvalue weighted by atomic mass is 16.6. The van der Waals surface area contributed by atoms with E-state index >= 15 is 0 Å². The Hall–Kier alpha value is -2.15. The molecule has 7 heteroatoms. The van der Waals surface area contributed by atoms with E-state index in [-0.39, 0.29) is 6.04 Å². The second kappa shape index (κ2) is 11.5. The van der Waals surface area contributed by atoms with Crippen LogP contribution in [0.25, 0.3) is 0 Å². The predicted octanol–water partition coefficient (Wildman–Crippen LogP) is 4.22. The zero-order valence-corrected chi connectivity index (χ0v) is 17.1. The van der Waals surface area contributed by atoms with Crippen molar-refractivity contribution >= 4 is 6.09 Å². The Labute approximate surface area is 162 Å². The van der Waals surface area contributed by atoms with Gasteiger partial charge in [0.15, 0.2) is 5.82 Å². The maximum atomic E-state index is 11.5. The monoisotopic (exact) mass is 378 g/mol. The second-order valence-corrected chi connectivity index (χ2v) is 7.62. The molecule has 0 aliphatic carbocycles. The number of aryl methyl sites for hydroxylation is 1. The molecule has 1 atom stereocenters. The second-order valence-electron chi connectivity index (χ2n) is 7.62. The highest BCUT2D eigenvalue weighted by Gasteiger charge is 2.16. The summed E-state index contributed by atoms with van der Waals surface area (Å²) in [6, 6.07) is -0.282. The van der Waals surface area contributed by atoms with Crippen molar-refractivity contribution < 1.29 is 14.1 Å². The Morgan fingerprint density at radius 2 is 2.11 bits per heavy atom. The Bertz CT molecular complexity index is 617. The molecule has 0 saturated heterocycles. The number of nitrogens with one attached hydrogen (secondary N) is 1. The van der Waals surface area contributed by atoms with Crippen LogP contribution in [0.4, 0.5) is 4.79 Å². The first-order valence-corrected chi connectivity index (χ1v) is 9.55. The van der Waals surface area contributed by atoms with Gasteiger partial charge in [-0.15, -0.1) is 0 Å². The zero-order chi connectivity index (χ0) is 20.3. The quantitative estimate of drug-likeness (QED) is 0.441. The lowest BCUT2D eigenvalue weighted by atomic mass is 10.1. The number of carbonyl (C=O) groups excluding carboxylic acids is 1. The number of alkyl carbamates (subject to hydrolysis) is 1. The van der Waals surface area contributed by atoms with Crippen LogP contribution in [0, 0.1) is 0 Å². The number of hydrogen-bond donors (Lipinski definition) is 2. The molecule has 1 amide bonds. The summed E-state index contributed by atoms with van der Waals surface area (Å²) in [6.07, 6.45) is 8.64. The molecule has 1 unspecified atom stereocenters. The third kappa shape index (κ3) is 10.6. The highest BCUT2D eigenvalue weighted by molar-refractivity contribution is 5.67. The Morgan fingerprint density at radius 3 is 2.78 bits per heavy atom. The lowest BCUT2D eigenvalue weighted by Crippen LogP contribution is -2.33. The number of allylic oxidation sites excluding steroid dienone is 3. The largest absolute Gasteiger partial charge is 0.444 e. The maximum Gasteiger partial charge on any atom is 0.407 e. The van der Waals surface area contributed by atoms with Gasteiger partial charge in [0.05, 0.1) is 6.04 Å². The first kappa shape index (κ1) is 22.9. The zero-order valence-electron chi connectivity index (χ0n) is 17.1. The summed E-state index contributed by atoms with van der Waals surface area (Å²) in [5.74, 6) is 1.17. The van der Waals surface area contributed by atoms with E-state index in [9.17, 15) is 4.79 Å². The van der Waals surface area contributed by atoms with Crippen molar-refractivity contribution in [2.75, 3.05) is 6.54 Å². The van der Waals surface area contributed by atoms with Gasteiger partial charge in [-0.3, -0.25) is 0 Å². The first-order chi connectivity index (χ1) is 12.7. The van der Waals surface area contributed by atoms with Gasteiger partial charge in [0.25, 0.3) is 0 Å². The standard InChI is InChI=1S/C20H34N4O3/c1-6-15(2)11-7-8-13-17-23-18(27-24-17)16(21)12-9-10-14-22-19(25)26-20(3,4)5/h6,11,16H,1,7-10,12-14,21H2,2-5H3,(H,22,25)/b15-11-. The van der Waals surface area contributed by atoms with E-state index in [1.807, 2.05) is 33.8 Å². The van der Waals surface area contributed by atoms with Crippen molar-refractivity contribution in [1.82, 2.24) is 15.5 Å². The molecule has 1 rings (SSSR count). The van der Waals surface area contributed by atoms with E-state index in [0.29, 0.717) is 18.3 Å². The molecule has 1 heterocycles. The van der Waals surface area contributed by atoms with Gasteiger partial charge in [-0.25, -0.2) is 4.79 Å². The van der Waals surface area contributed by atoms with Crippen molar-refractivity contribution in [2.24, 2.45) is 5.73 Å². The molecule has 1 aromatic heterocycles. The molecule has 0 aromatic carbocycles. The molecule has 0 saturated carbocycles. The summed E-state index contributed by atoms with van der Waals surface area (Å²) in [6.45, 7) is 11.8. The average Bonchev–Trinajstić information content (AvgIpc) is 3.05. The fourth-order valence-electron chi connectivity index (χ4n) is 2.31. The van der Waals surface area contributed by atoms with E-state index in [1.165, 1.54) is 5.57 Å². The highest BCUT2D eigenvalue weighted by Crippen LogP contribution is 2.15. The van der Waals surface area contributed by atoms with Crippen LogP contribution in [-0.2, 0) is 11.2 Å². The minimum atomic E-state index is -0.483. The van der Waals surface area contributed by atoms with Gasteiger partial charge >= 0.3 is 6.09 Å². The van der Waals surface area contributed by atoms with Crippen LogP contribution < -0.4 is 11.1 Å². The SMILES string of the molecule is C=C/C(C)=C\CCCc1noc(C(N)CCCCNC(=O)OC(C)(C)C)n1. The van der Waals surface area contributed by atoms with Crippen molar-refractivity contribution in [1.29, 1.82) is 0 Å². The van der Waals surface area contributed by atoms with Gasteiger partial charge in [0, 0.05) is 13.0 Å². The number of unbranched alkanes of at least 4 members (excludes halogenated alkanes) is 2. The molecule has 1 aromatic rings. The minimum Gasteiger partial charge on any atom is -0.444 e. The number of nitrogens with two attached hydrogens (primary N) is 1. The summed E-state index contributed by atoms with van der Waals surface area (Å²) in [5, 5.41) is 6.73. The molecule has 0 bridgehead atoms. The number of hydrogen-bond acceptors (Lipinski definition) is 6. The summed E-state index contributed by atoms with van der Waals surface area (Å²) in [7, 11) is 0. The molecule has 152 valence electrons. The molecule has 27 heavy (non-hydrogen) atoms. The molecule has 0 aliphatic heterocycles. The van der Waals surface area contributed by atoms with Gasteiger partial charge in [0.1, 0.15) is 5.60 Å². The first-order valence-electron chi connectivity index (χ1n) is 9.55. The van der Waals surface area contributed by atoms with Gasteiger partial charge in [0.2, 0.25) is 5.89 Å². The van der Waals surface area contributed by atoms with Crippen LogP contribution in [0.1, 0.15) is 77.6 Å². The van der Waals surface area contributed by atoms with E-state index in [0.717, 1.165) is 38.5 Å². The summed E-state index contributed by atoms with van der Waals surface area (Å²) >= 11 is 0. The van der Waals surface area contributed by atoms with Crippen molar-refractivity contribution in [3.63, 3.8) is 0 Å². The van der Waals surface area contributed by atoms with Crippen LogP contribution >= 0.6 is 0 Å². The van der Waals surface area contributed by atoms with E-state index < -0.39 is 11.7 Å². The fourth-order valence-corrected chi connectivity index (χ4v) is 2.31. The summed E-state index contributed by atoms with van der Waals surface area (Å²) < 4.78 is 10.4. The number of amides is 1. The fraction of sp³-hybridized carbons (Fsp3) is 0.650. The normalized spacial score (nSPS) is 13.3. The van der Waals surface area contributed by atoms with Gasteiger partial charge in [-0.05, 0) is 59.8 Å². The van der Waals surface area contributed by atoms with Crippen LogP contribution in [0.5, 0.6) is 0 Å². The van der Waals surface area contributed by atoms with Crippen molar-refractivity contribution in [2.45, 2.75) is 77.9 Å². The number of aromatic nitrogens is 2. The smallest absolute Gasteiger partial charge is 0.407 e. The molecule has 3 N–H and O–H groups in total. The Morgan fingerprint density at radius 1 is 1.37 bits per heavy atom. The lowest BCUT2D eigenvalue weighted by Gasteiger charge is -2.19. The van der Waals surface area contributed by atoms with Crippen LogP contribution in [0.15, 0.2) is 28.8 Å². The van der Waals surface area contributed by atoms with Gasteiger partial charge < -0.3 is 20.3 Å². The predicted molar refractivity (Wildman–Crippen MR) is 106 cm³/mol. The van der Waals surface area contributed by atoms with Crippen LogP contribution in [0.2, 0.25) is 0 Å². The molecule has 7 nitrogen and oxygen atoms in total. The van der Waals surface area contributed by atoms with Crippen LogP contribution in [0.3, 0.4) is 0 Å². The summed E-state index contributed by atoms with van der Waals surface area (Å²) in [5.41, 5.74) is 6.81. The molecular weight excluding hydrogens is 344 g/mol. The number of ether oxygens (including phenoxy) is 1. The minimum absolute atomic E-state index is 0.282. The van der Waals surface area contributed by atoms with Crippen molar-refractivity contribution in [3.05, 3.63) is 36.0 Å². The van der Waals surface area contributed by atoms with Crippen molar-refractivity contribution in [3.8, 4) is 0 Å². The van der Waals surface area contributed by atoms with Crippen LogP contribution in [-0.4, -0.2) is 28.4 Å². The van der Waals surface area contributed by atoms with E-state index in [2.05, 4.69) is 28.1 Å². The Kier molecular flexibility index (Phi) is 9.78. The molecule has 0 spiro atoms. The average molecular weight is 379 g/mol. The Balaban J connectivity index is 2.22. The van der Waals surface area contributed by atoms with E-state index in [1.54, 1.807) is 0 Å². The van der Waals surface area contributed by atoms with E-state index in [4.69, 9.17) is 15.0 Å². The van der Waals surface area contributed by atoms with Gasteiger partial charge in [-0.2, -0.15) is 4.98 Å². The third-order valence-corrected chi connectivity index (χ3v) is 3.80. The van der Waals surface area contributed by atoms with Gasteiger partial charge in [-0.1, -0.05) is 29.5 Å². The summed E-state index contributed by atoms with van der Waals surface area (Å²) in [4.78, 5) is 15.9. The number of carbonyl (C=O) groups is 1. The lowest BCUT2D eigenvalue weighted by molar-refractivity contribution is 0.0527. The topological polar surface area (TPSA) is 103 Å². The maximum absolute atomic E-state index is 11.5. The molecule has 0 fully saturated rings. The molecule has 0 radical (unpaired) electrons. The molecule has 0 aliphatic rings. The third-order valence-electron chi connectivity index (χ3n) is 3.80. The molecular formula is C20H34N4O3.